The van der Waals surface area contributed by atoms with Crippen LogP contribution in [0.1, 0.15) is 42.9 Å². The average molecular weight is 458 g/mol. The smallest absolute Gasteiger partial charge is 0.339 e. The Hall–Kier alpha value is -3.87. The summed E-state index contributed by atoms with van der Waals surface area (Å²) in [6, 6.07) is 13.0. The molecule has 1 atom stereocenters. The van der Waals surface area contributed by atoms with Gasteiger partial charge in [-0.05, 0) is 62.9 Å². The Morgan fingerprint density at radius 1 is 1.12 bits per heavy atom. The lowest BCUT2D eigenvalue weighted by Crippen LogP contribution is -2.53. The van der Waals surface area contributed by atoms with Gasteiger partial charge in [-0.2, -0.15) is 0 Å². The van der Waals surface area contributed by atoms with E-state index in [0.717, 1.165) is 16.8 Å². The first-order valence-electron chi connectivity index (χ1n) is 11.5. The zero-order valence-electron chi connectivity index (χ0n) is 19.5. The van der Waals surface area contributed by atoms with E-state index in [1.165, 1.54) is 0 Å². The van der Waals surface area contributed by atoms with Crippen LogP contribution in [0.5, 0.6) is 0 Å². The third-order valence-electron chi connectivity index (χ3n) is 7.05. The Bertz CT molecular complexity index is 1320. The predicted molar refractivity (Wildman–Crippen MR) is 129 cm³/mol. The van der Waals surface area contributed by atoms with Gasteiger partial charge in [0.15, 0.2) is 5.78 Å². The van der Waals surface area contributed by atoms with Gasteiger partial charge in [0, 0.05) is 34.6 Å². The Labute approximate surface area is 198 Å². The maximum Gasteiger partial charge on any atom is 0.339 e. The van der Waals surface area contributed by atoms with Gasteiger partial charge in [-0.3, -0.25) is 14.5 Å². The first-order chi connectivity index (χ1) is 16.3. The van der Waals surface area contributed by atoms with Crippen LogP contribution < -0.4 is 16.0 Å². The molecule has 1 amide bonds. The van der Waals surface area contributed by atoms with Gasteiger partial charge in [0.2, 0.25) is 5.91 Å². The molecule has 2 heterocycles. The van der Waals surface area contributed by atoms with E-state index in [-0.39, 0.29) is 23.8 Å². The van der Waals surface area contributed by atoms with Crippen LogP contribution in [0, 0.1) is 13.8 Å². The van der Waals surface area contributed by atoms with Gasteiger partial charge in [-0.25, -0.2) is 4.79 Å². The number of carbonyl (C=O) groups is 3. The maximum atomic E-state index is 13.8. The Kier molecular flexibility index (Phi) is 5.08. The lowest BCUT2D eigenvalue weighted by molar-refractivity contribution is -0.140. The minimum atomic E-state index is -1.64. The molecule has 0 aromatic heterocycles. The van der Waals surface area contributed by atoms with Gasteiger partial charge in [0.1, 0.15) is 16.8 Å². The van der Waals surface area contributed by atoms with Gasteiger partial charge in [0.25, 0.3) is 0 Å². The van der Waals surface area contributed by atoms with Crippen LogP contribution in [-0.4, -0.2) is 24.3 Å². The third kappa shape index (κ3) is 2.86. The molecule has 2 aliphatic heterocycles. The summed E-state index contributed by atoms with van der Waals surface area (Å²) < 4.78 is 5.43. The van der Waals surface area contributed by atoms with E-state index in [4.69, 9.17) is 10.5 Å². The summed E-state index contributed by atoms with van der Waals surface area (Å²) >= 11 is 0. The third-order valence-corrected chi connectivity index (χ3v) is 7.05. The number of carbonyl (C=O) groups excluding carboxylic acids is 3. The van der Waals surface area contributed by atoms with E-state index in [9.17, 15) is 14.4 Å². The van der Waals surface area contributed by atoms with Crippen LogP contribution in [0.25, 0.3) is 0 Å². The number of esters is 1. The van der Waals surface area contributed by atoms with E-state index in [0.29, 0.717) is 41.8 Å². The van der Waals surface area contributed by atoms with E-state index in [2.05, 4.69) is 5.32 Å². The molecule has 0 saturated carbocycles. The highest BCUT2D eigenvalue weighted by atomic mass is 16.5. The van der Waals surface area contributed by atoms with Crippen molar-refractivity contribution in [2.75, 3.05) is 16.8 Å². The number of anilines is 2. The van der Waals surface area contributed by atoms with Gasteiger partial charge in [0.05, 0.1) is 6.61 Å². The summed E-state index contributed by atoms with van der Waals surface area (Å²) in [7, 11) is 0. The average Bonchev–Trinajstić information content (AvgIpc) is 3.08. The van der Waals surface area contributed by atoms with Crippen LogP contribution >= 0.6 is 0 Å². The number of hydrogen-bond donors (Lipinski definition) is 2. The van der Waals surface area contributed by atoms with E-state index >= 15 is 0 Å². The SMILES string of the molecule is CCOC(=O)C1=C(N)N(c2ccc(C)c(C)c2)C2=C(C(=O)CCC2)C12C(=O)Nc1ccccc12. The van der Waals surface area contributed by atoms with Crippen molar-refractivity contribution >= 4 is 29.0 Å². The molecule has 1 aliphatic carbocycles. The number of aryl methyl sites for hydroxylation is 2. The molecule has 3 N–H and O–H groups in total. The van der Waals surface area contributed by atoms with E-state index in [1.54, 1.807) is 36.1 Å². The zero-order valence-corrected chi connectivity index (χ0v) is 19.5. The number of allylic oxidation sites excluding steroid dienone is 1. The minimum Gasteiger partial charge on any atom is -0.462 e. The van der Waals surface area contributed by atoms with Crippen molar-refractivity contribution in [3.8, 4) is 0 Å². The van der Waals surface area contributed by atoms with Gasteiger partial charge in [-0.1, -0.05) is 24.3 Å². The number of amides is 1. The Morgan fingerprint density at radius 2 is 1.88 bits per heavy atom. The second kappa shape index (κ2) is 7.87. The number of fused-ring (bicyclic) bond motifs is 3. The molecule has 0 fully saturated rings. The van der Waals surface area contributed by atoms with Crippen LogP contribution in [-0.2, 0) is 24.5 Å². The van der Waals surface area contributed by atoms with Crippen LogP contribution in [0.2, 0.25) is 0 Å². The molecule has 7 heteroatoms. The zero-order chi connectivity index (χ0) is 24.2. The highest BCUT2D eigenvalue weighted by Gasteiger charge is 2.61. The fraction of sp³-hybridized carbons (Fsp3) is 0.296. The molecule has 7 nitrogen and oxygen atoms in total. The number of ether oxygens (including phenoxy) is 1. The normalized spacial score (nSPS) is 21.6. The van der Waals surface area contributed by atoms with Crippen LogP contribution in [0.3, 0.4) is 0 Å². The quantitative estimate of drug-likeness (QED) is 0.681. The molecule has 3 aliphatic rings. The minimum absolute atomic E-state index is 0.0102. The van der Waals surface area contributed by atoms with Crippen LogP contribution in [0.4, 0.5) is 11.4 Å². The number of hydrogen-bond acceptors (Lipinski definition) is 6. The first kappa shape index (κ1) is 21.9. The molecule has 1 unspecified atom stereocenters. The number of nitrogens with zero attached hydrogens (tertiary/aromatic N) is 1. The van der Waals surface area contributed by atoms with Crippen molar-refractivity contribution in [2.24, 2.45) is 5.73 Å². The molecule has 2 aromatic carbocycles. The second-order valence-electron chi connectivity index (χ2n) is 8.93. The molecule has 1 spiro atoms. The second-order valence-corrected chi connectivity index (χ2v) is 8.93. The first-order valence-corrected chi connectivity index (χ1v) is 11.5. The number of ketones is 1. The van der Waals surface area contributed by atoms with Crippen molar-refractivity contribution in [1.29, 1.82) is 0 Å². The predicted octanol–water partition coefficient (Wildman–Crippen LogP) is 3.75. The fourth-order valence-electron chi connectivity index (χ4n) is 5.43. The Morgan fingerprint density at radius 3 is 2.62 bits per heavy atom. The van der Waals surface area contributed by atoms with Gasteiger partial charge < -0.3 is 15.8 Å². The Balaban J connectivity index is 1.89. The van der Waals surface area contributed by atoms with E-state index in [1.807, 2.05) is 32.0 Å². The van der Waals surface area contributed by atoms with Gasteiger partial charge in [-0.15, -0.1) is 0 Å². The fourth-order valence-corrected chi connectivity index (χ4v) is 5.43. The summed E-state index contributed by atoms with van der Waals surface area (Å²) in [4.78, 5) is 42.7. The highest BCUT2D eigenvalue weighted by Crippen LogP contribution is 2.55. The molecule has 5 rings (SSSR count). The molecule has 0 bridgehead atoms. The van der Waals surface area contributed by atoms with E-state index < -0.39 is 17.3 Å². The van der Waals surface area contributed by atoms with Crippen molar-refractivity contribution in [3.63, 3.8) is 0 Å². The maximum absolute atomic E-state index is 13.8. The molecule has 0 saturated heterocycles. The van der Waals surface area contributed by atoms with Crippen molar-refractivity contribution < 1.29 is 19.1 Å². The van der Waals surface area contributed by atoms with Crippen molar-refractivity contribution in [2.45, 2.75) is 45.4 Å². The summed E-state index contributed by atoms with van der Waals surface area (Å²) in [5.74, 6) is -1.20. The van der Waals surface area contributed by atoms with Crippen molar-refractivity contribution in [3.05, 3.63) is 81.8 Å². The lowest BCUT2D eigenvalue weighted by atomic mass is 9.63. The number of para-hydroxylation sites is 1. The number of Topliss-reactive ketones (excluding diaryl/α,β-unsaturated/α-hetero) is 1. The number of nitrogens with one attached hydrogen (secondary N) is 1. The lowest BCUT2D eigenvalue weighted by Gasteiger charge is -2.44. The molecule has 174 valence electrons. The summed E-state index contributed by atoms with van der Waals surface area (Å²) in [6.45, 7) is 5.82. The molecule has 0 radical (unpaired) electrons. The van der Waals surface area contributed by atoms with Crippen LogP contribution in [0.15, 0.2) is 65.1 Å². The molecular formula is C27H27N3O4. The standard InChI is InChI=1S/C27H27N3O4/c1-4-34-25(32)23-24(28)30(17-13-12-15(2)16(3)14-17)20-10-7-11-21(31)22(20)27(23)18-8-5-6-9-19(18)29-26(27)33/h5-6,8-9,12-14H,4,7,10-11,28H2,1-3H3,(H,29,33). The molecule has 34 heavy (non-hydrogen) atoms. The number of benzene rings is 2. The number of nitrogens with two attached hydrogens (primary N) is 1. The monoisotopic (exact) mass is 457 g/mol. The topological polar surface area (TPSA) is 102 Å². The highest BCUT2D eigenvalue weighted by molar-refractivity contribution is 6.23. The largest absolute Gasteiger partial charge is 0.462 e. The summed E-state index contributed by atoms with van der Waals surface area (Å²) in [6.07, 6.45) is 1.50. The molecular weight excluding hydrogens is 430 g/mol. The summed E-state index contributed by atoms with van der Waals surface area (Å²) in [5.41, 5.74) is 10.1. The summed E-state index contributed by atoms with van der Waals surface area (Å²) in [5, 5.41) is 2.89. The molecule has 2 aromatic rings. The van der Waals surface area contributed by atoms with Crippen molar-refractivity contribution in [1.82, 2.24) is 0 Å². The number of rotatable bonds is 3. The van der Waals surface area contributed by atoms with Gasteiger partial charge >= 0.3 is 5.97 Å².